The summed E-state index contributed by atoms with van der Waals surface area (Å²) in [4.78, 5) is 50.4. The zero-order chi connectivity index (χ0) is 74.5. The van der Waals surface area contributed by atoms with Crippen LogP contribution in [0.25, 0.3) is 0 Å². The Labute approximate surface area is 572 Å². The fourth-order valence-electron chi connectivity index (χ4n) is 13.1. The van der Waals surface area contributed by atoms with Gasteiger partial charge < -0.3 is 205 Å². The van der Waals surface area contributed by atoms with E-state index in [1.807, 2.05) is 0 Å². The Bertz CT molecular complexity index is 2640. The molecule has 0 saturated carbocycles. The molecule has 0 aromatic rings. The van der Waals surface area contributed by atoms with E-state index in [9.17, 15) is 132 Å². The molecule has 40 atom stereocenters. The van der Waals surface area contributed by atoms with Gasteiger partial charge in [-0.05, 0) is 0 Å². The van der Waals surface area contributed by atoms with Gasteiger partial charge in [0.05, 0.1) is 52.9 Å². The van der Waals surface area contributed by atoms with Crippen molar-refractivity contribution in [1.29, 1.82) is 0 Å². The third kappa shape index (κ3) is 18.3. The number of ether oxygens (including phenoxy) is 15. The Hall–Kier alpha value is -3.60. The second-order valence-corrected chi connectivity index (χ2v) is 25.3. The lowest BCUT2D eigenvalue weighted by molar-refractivity contribution is -0.388. The number of hydrogen-bond donors (Lipinski definition) is 26. The average molecular weight is 1480 g/mol. The number of carbonyl (C=O) groups is 4. The van der Waals surface area contributed by atoms with Gasteiger partial charge in [0.15, 0.2) is 50.3 Å². The monoisotopic (exact) mass is 1480 g/mol. The van der Waals surface area contributed by atoms with Gasteiger partial charge >= 0.3 is 0 Å². The van der Waals surface area contributed by atoms with E-state index in [4.69, 9.17) is 71.1 Å². The summed E-state index contributed by atoms with van der Waals surface area (Å²) in [7, 11) is 0. The van der Waals surface area contributed by atoms with Crippen LogP contribution in [0, 0.1) is 0 Å². The lowest BCUT2D eigenvalue weighted by Gasteiger charge is -2.51. The van der Waals surface area contributed by atoms with E-state index in [-0.39, 0.29) is 0 Å². The third-order valence-electron chi connectivity index (χ3n) is 18.3. The second-order valence-electron chi connectivity index (χ2n) is 25.3. The molecule has 4 amide bonds. The van der Waals surface area contributed by atoms with Gasteiger partial charge in [-0.25, -0.2) is 0 Å². The Kier molecular flexibility index (Phi) is 29.9. The number of rotatable bonds is 26. The minimum atomic E-state index is -2.33. The molecule has 1 unspecified atom stereocenters. The maximum absolute atomic E-state index is 12.9. The summed E-state index contributed by atoms with van der Waals surface area (Å²) in [5.74, 6) is -3.47. The summed E-state index contributed by atoms with van der Waals surface area (Å²) in [6, 6.07) is -7.18. The van der Waals surface area contributed by atoms with Crippen LogP contribution in [0.15, 0.2) is 0 Å². The van der Waals surface area contributed by atoms with Crippen LogP contribution in [0.2, 0.25) is 0 Å². The van der Waals surface area contributed by atoms with Gasteiger partial charge in [0.1, 0.15) is 195 Å². The van der Waals surface area contributed by atoms with E-state index in [1.54, 1.807) is 0 Å². The molecule has 8 rings (SSSR count). The molecule has 101 heavy (non-hydrogen) atoms. The van der Waals surface area contributed by atoms with Gasteiger partial charge in [0, 0.05) is 27.7 Å². The number of hydrogen-bond acceptors (Lipinski definition) is 41. The van der Waals surface area contributed by atoms with E-state index in [1.165, 1.54) is 0 Å². The quantitative estimate of drug-likeness (QED) is 0.0382. The van der Waals surface area contributed by atoms with Gasteiger partial charge in [-0.3, -0.25) is 19.2 Å². The van der Waals surface area contributed by atoms with Crippen molar-refractivity contribution in [2.45, 2.75) is 273 Å². The summed E-state index contributed by atoms with van der Waals surface area (Å²) < 4.78 is 87.0. The molecular weight excluding hydrogens is 1380 g/mol. The van der Waals surface area contributed by atoms with Crippen molar-refractivity contribution >= 4 is 23.6 Å². The largest absolute Gasteiger partial charge is 0.394 e. The minimum Gasteiger partial charge on any atom is -0.394 e. The molecule has 0 bridgehead atoms. The topological polar surface area (TPSA) is 700 Å². The Morgan fingerprint density at radius 1 is 0.238 bits per heavy atom. The summed E-state index contributed by atoms with van der Waals surface area (Å²) in [6.07, 6.45) is -71.2. The molecule has 45 nitrogen and oxygen atoms in total. The van der Waals surface area contributed by atoms with Crippen LogP contribution < -0.4 is 21.3 Å². The molecule has 0 radical (unpaired) electrons. The molecule has 8 aliphatic rings. The van der Waals surface area contributed by atoms with E-state index >= 15 is 0 Å². The Morgan fingerprint density at radius 3 is 0.683 bits per heavy atom. The van der Waals surface area contributed by atoms with Crippen LogP contribution in [-0.2, 0) is 90.2 Å². The van der Waals surface area contributed by atoms with Crippen LogP contribution in [0.5, 0.6) is 0 Å². The lowest BCUT2D eigenvalue weighted by atomic mass is 9.93. The van der Waals surface area contributed by atoms with Gasteiger partial charge in [-0.15, -0.1) is 0 Å². The minimum absolute atomic E-state index is 0.775. The first-order valence-corrected chi connectivity index (χ1v) is 32.1. The number of aliphatic hydroxyl groups excluding tert-OH is 22. The zero-order valence-electron chi connectivity index (χ0n) is 54.3. The first-order valence-electron chi connectivity index (χ1n) is 32.1. The molecule has 584 valence electrons. The predicted molar refractivity (Wildman–Crippen MR) is 311 cm³/mol. The SMILES string of the molecule is CC(=O)N[C@H]1[C@H](O[C@H]2[C@@H](O)[C@@H](CO)O[C@@H](O[C@H]3[C@H](O)[C@@H](NC(C)=O)[C@H](O[C@H]4[C@@H](O)[C@@H](CO)O[C@@H](O[C@H]5[C@H](O)[C@@H](NC(C)=O)[C@H](O[C@H]6[C@@H](O)[C@@H](CO)OC(O)[C@@H]6O)O[C@@H]5CO)[C@@H]4O)O[C@@H]3CO)[C@@H]2O)O[C@H](CO)[C@@H](O[C@@H]2O[C@H](CO)[C@H](O)[C@H](O[C@@H]3O[C@H](CO)[C@@H](O)[C@H](O)[C@H]3NC(C)=O)[C@H]2O)[C@@H]1O. The maximum atomic E-state index is 12.9. The molecule has 26 N–H and O–H groups in total. The van der Waals surface area contributed by atoms with Gasteiger partial charge in [0.25, 0.3) is 0 Å². The smallest absolute Gasteiger partial charge is 0.217 e. The highest BCUT2D eigenvalue weighted by molar-refractivity contribution is 5.74. The summed E-state index contributed by atoms with van der Waals surface area (Å²) >= 11 is 0. The van der Waals surface area contributed by atoms with E-state index < -0.39 is 322 Å². The van der Waals surface area contributed by atoms with Crippen molar-refractivity contribution in [3.8, 4) is 0 Å². The Morgan fingerprint density at radius 2 is 0.436 bits per heavy atom. The first kappa shape index (κ1) is 83.0. The standard InChI is InChI=1S/C56H94N4O41/c1-13(69)57-25-34(78)29(73)17(5-61)88-50(25)99-46-31(75)19(7-63)89-54(39(46)83)96-43-23(11-67)93-52(27(36(43)80)59-15(3)71)101-48-33(77)21(9-65)91-56(41(48)85)97-44-24(12-68)94-53(28(37(44)81)60-16(4)72)100-47-32(76)20(8-64)90-55(40(47)84)95-42-22(10-66)92-51(26(35(42)79)58-14(2)70)98-45-30(74)18(6-62)87-49(86)38(45)82/h17-56,61-68,73-86H,5-12H2,1-4H3,(H,57,69)(H,58,70)(H,59,71)(H,60,72)/t17-,18-,19-,20-,21-,22-,23-,24-,25-,26-,27-,28-,29-,30+,31+,32+,33+,34-,35-,36-,37-,38-,39-,40-,41-,42-,43-,44-,45+,46+,47+,48+,49?,50+,51+,52+,53+,54+,55+,56+/m1/s1. The van der Waals surface area contributed by atoms with Crippen molar-refractivity contribution < 1.29 is 203 Å². The molecule has 8 aliphatic heterocycles. The molecular formula is C56H94N4O41. The highest BCUT2D eigenvalue weighted by atomic mass is 16.8. The maximum Gasteiger partial charge on any atom is 0.217 e. The second kappa shape index (κ2) is 36.3. The van der Waals surface area contributed by atoms with Crippen LogP contribution in [0.4, 0.5) is 0 Å². The fourth-order valence-corrected chi connectivity index (χ4v) is 13.1. The zero-order valence-corrected chi connectivity index (χ0v) is 54.3. The van der Waals surface area contributed by atoms with Crippen LogP contribution in [0.1, 0.15) is 27.7 Å². The molecule has 0 spiro atoms. The summed E-state index contributed by atoms with van der Waals surface area (Å²) in [6.45, 7) is -4.39. The van der Waals surface area contributed by atoms with E-state index in [2.05, 4.69) is 21.3 Å². The lowest BCUT2D eigenvalue weighted by Crippen LogP contribution is -2.71. The van der Waals surface area contributed by atoms with Crippen molar-refractivity contribution in [2.75, 3.05) is 52.9 Å². The average Bonchev–Trinajstić information content (AvgIpc) is 0.773. The van der Waals surface area contributed by atoms with Crippen molar-refractivity contribution in [3.63, 3.8) is 0 Å². The van der Waals surface area contributed by atoms with Crippen LogP contribution in [0.3, 0.4) is 0 Å². The van der Waals surface area contributed by atoms with Crippen LogP contribution in [-0.4, -0.2) is 434 Å². The molecule has 45 heteroatoms. The predicted octanol–water partition coefficient (Wildman–Crippen LogP) is -17.9. The molecule has 8 fully saturated rings. The normalized spacial score (nSPS) is 48.3. The van der Waals surface area contributed by atoms with Crippen molar-refractivity contribution in [1.82, 2.24) is 21.3 Å². The highest BCUT2D eigenvalue weighted by Gasteiger charge is 2.60. The number of carbonyl (C=O) groups excluding carboxylic acids is 4. The Balaban J connectivity index is 0.981. The fraction of sp³-hybridized carbons (Fsp3) is 0.929. The third-order valence-corrected chi connectivity index (χ3v) is 18.3. The van der Waals surface area contributed by atoms with Crippen molar-refractivity contribution in [3.05, 3.63) is 0 Å². The van der Waals surface area contributed by atoms with Crippen molar-refractivity contribution in [2.24, 2.45) is 0 Å². The molecule has 0 aromatic carbocycles. The van der Waals surface area contributed by atoms with Gasteiger partial charge in [-0.2, -0.15) is 0 Å². The van der Waals surface area contributed by atoms with E-state index in [0.717, 1.165) is 27.7 Å². The van der Waals surface area contributed by atoms with Gasteiger partial charge in [-0.1, -0.05) is 0 Å². The summed E-state index contributed by atoms with van der Waals surface area (Å²) in [5.41, 5.74) is 0. The first-order chi connectivity index (χ1) is 47.8. The number of aliphatic hydroxyl groups is 22. The van der Waals surface area contributed by atoms with E-state index in [0.29, 0.717) is 0 Å². The molecule has 0 aromatic heterocycles. The molecule has 8 saturated heterocycles. The molecule has 8 heterocycles. The summed E-state index contributed by atoms with van der Waals surface area (Å²) in [5, 5.41) is 251. The molecule has 0 aliphatic carbocycles. The number of amides is 4. The number of nitrogens with one attached hydrogen (secondary N) is 4. The van der Waals surface area contributed by atoms with Gasteiger partial charge in [0.2, 0.25) is 23.6 Å². The highest BCUT2D eigenvalue weighted by Crippen LogP contribution is 2.39. The van der Waals surface area contributed by atoms with Crippen LogP contribution >= 0.6 is 0 Å².